The fourth-order valence-electron chi connectivity index (χ4n) is 3.66. The Morgan fingerprint density at radius 2 is 1.41 bits per heavy atom. The number of anilines is 1. The highest BCUT2D eigenvalue weighted by Crippen LogP contribution is 2.26. The van der Waals surface area contributed by atoms with Gasteiger partial charge >= 0.3 is 5.97 Å². The maximum atomic E-state index is 13.3. The van der Waals surface area contributed by atoms with E-state index in [-0.39, 0.29) is 17.5 Å². The summed E-state index contributed by atoms with van der Waals surface area (Å²) >= 11 is 0. The summed E-state index contributed by atoms with van der Waals surface area (Å²) in [6, 6.07) is 20.8. The number of nitrogens with one attached hydrogen (secondary N) is 1. The number of benzene rings is 3. The number of hydrogen-bond donors (Lipinski definition) is 1. The molecule has 0 spiro atoms. The van der Waals surface area contributed by atoms with Crippen molar-refractivity contribution in [1.82, 2.24) is 4.90 Å². The molecule has 1 aliphatic heterocycles. The standard InChI is InChI=1S/C25H20N2O5/c1-32-25(31)17-11-13-18(14-12-17)26-22(28)21(15-16-7-3-2-4-8-16)27-23(29)19-9-5-6-10-20(19)24(27)30/h2-14,21H,15H2,1H3,(H,26,28)/t21-/m0/s1. The summed E-state index contributed by atoms with van der Waals surface area (Å²) in [5.74, 6) is -1.99. The van der Waals surface area contributed by atoms with E-state index in [9.17, 15) is 19.2 Å². The molecule has 32 heavy (non-hydrogen) atoms. The Morgan fingerprint density at radius 1 is 0.844 bits per heavy atom. The van der Waals surface area contributed by atoms with E-state index < -0.39 is 29.7 Å². The van der Waals surface area contributed by atoms with E-state index in [2.05, 4.69) is 10.1 Å². The Morgan fingerprint density at radius 3 is 1.97 bits per heavy atom. The Bertz CT molecular complexity index is 1150. The minimum atomic E-state index is -1.05. The molecule has 0 aliphatic carbocycles. The molecule has 1 aliphatic rings. The maximum Gasteiger partial charge on any atom is 0.337 e. The molecule has 0 aromatic heterocycles. The van der Waals surface area contributed by atoms with Crippen molar-refractivity contribution in [3.63, 3.8) is 0 Å². The molecule has 7 heteroatoms. The quantitative estimate of drug-likeness (QED) is 0.480. The number of imide groups is 1. The summed E-state index contributed by atoms with van der Waals surface area (Å²) in [7, 11) is 1.29. The van der Waals surface area contributed by atoms with Crippen molar-refractivity contribution < 1.29 is 23.9 Å². The van der Waals surface area contributed by atoms with Gasteiger partial charge < -0.3 is 10.1 Å². The summed E-state index contributed by atoms with van der Waals surface area (Å²) in [5, 5.41) is 2.75. The van der Waals surface area contributed by atoms with E-state index in [4.69, 9.17) is 0 Å². The summed E-state index contributed by atoms with van der Waals surface area (Å²) < 4.78 is 4.68. The van der Waals surface area contributed by atoms with E-state index in [1.54, 1.807) is 36.4 Å². The van der Waals surface area contributed by atoms with Crippen LogP contribution in [0.4, 0.5) is 5.69 Å². The maximum absolute atomic E-state index is 13.3. The van der Waals surface area contributed by atoms with Crippen LogP contribution in [0.5, 0.6) is 0 Å². The SMILES string of the molecule is COC(=O)c1ccc(NC(=O)[C@H](Cc2ccccc2)N2C(=O)c3ccccc3C2=O)cc1. The molecule has 0 bridgehead atoms. The highest BCUT2D eigenvalue weighted by molar-refractivity contribution is 6.23. The molecule has 0 fully saturated rings. The molecule has 0 unspecified atom stereocenters. The van der Waals surface area contributed by atoms with Gasteiger partial charge in [0.2, 0.25) is 5.91 Å². The van der Waals surface area contributed by atoms with E-state index in [0.717, 1.165) is 10.5 Å². The number of fused-ring (bicyclic) bond motifs is 1. The van der Waals surface area contributed by atoms with Crippen LogP contribution in [0.3, 0.4) is 0 Å². The Kier molecular flexibility index (Phi) is 5.81. The zero-order valence-corrected chi connectivity index (χ0v) is 17.3. The highest BCUT2D eigenvalue weighted by atomic mass is 16.5. The fraction of sp³-hybridized carbons (Fsp3) is 0.120. The highest BCUT2D eigenvalue weighted by Gasteiger charge is 2.42. The summed E-state index contributed by atoms with van der Waals surface area (Å²) in [6.07, 6.45) is 0.165. The predicted molar refractivity (Wildman–Crippen MR) is 117 cm³/mol. The second-order valence-corrected chi connectivity index (χ2v) is 7.29. The van der Waals surface area contributed by atoms with Gasteiger partial charge in [0, 0.05) is 12.1 Å². The average Bonchev–Trinajstić information content (AvgIpc) is 3.08. The molecule has 3 aromatic rings. The molecule has 0 saturated carbocycles. The van der Waals surface area contributed by atoms with Gasteiger partial charge in [-0.05, 0) is 42.0 Å². The van der Waals surface area contributed by atoms with Crippen LogP contribution in [0, 0.1) is 0 Å². The normalized spacial score (nSPS) is 13.5. The molecular formula is C25H20N2O5. The van der Waals surface area contributed by atoms with Crippen LogP contribution < -0.4 is 5.32 Å². The molecule has 160 valence electrons. The number of nitrogens with zero attached hydrogens (tertiary/aromatic N) is 1. The minimum absolute atomic E-state index is 0.165. The first-order chi connectivity index (χ1) is 15.5. The number of hydrogen-bond acceptors (Lipinski definition) is 5. The summed E-state index contributed by atoms with van der Waals surface area (Å²) in [5.41, 5.74) is 2.14. The van der Waals surface area contributed by atoms with Crippen molar-refractivity contribution in [2.24, 2.45) is 0 Å². The summed E-state index contributed by atoms with van der Waals surface area (Å²) in [6.45, 7) is 0. The second kappa shape index (κ2) is 8.85. The molecule has 1 heterocycles. The lowest BCUT2D eigenvalue weighted by Crippen LogP contribution is -2.48. The lowest BCUT2D eigenvalue weighted by Gasteiger charge is -2.25. The molecule has 3 amide bonds. The van der Waals surface area contributed by atoms with Gasteiger partial charge in [-0.15, -0.1) is 0 Å². The van der Waals surface area contributed by atoms with Gasteiger partial charge in [-0.3, -0.25) is 19.3 Å². The molecular weight excluding hydrogens is 408 g/mol. The average molecular weight is 428 g/mol. The van der Waals surface area contributed by atoms with Crippen molar-refractivity contribution in [1.29, 1.82) is 0 Å². The minimum Gasteiger partial charge on any atom is -0.465 e. The number of amides is 3. The van der Waals surface area contributed by atoms with E-state index in [1.807, 2.05) is 30.3 Å². The molecule has 4 rings (SSSR count). The zero-order valence-electron chi connectivity index (χ0n) is 17.3. The van der Waals surface area contributed by atoms with Gasteiger partial charge in [-0.25, -0.2) is 4.79 Å². The van der Waals surface area contributed by atoms with Crippen LogP contribution in [0.2, 0.25) is 0 Å². The lowest BCUT2D eigenvalue weighted by atomic mass is 10.0. The second-order valence-electron chi connectivity index (χ2n) is 7.29. The lowest BCUT2D eigenvalue weighted by molar-refractivity contribution is -0.119. The number of rotatable bonds is 6. The van der Waals surface area contributed by atoms with E-state index in [0.29, 0.717) is 11.3 Å². The first-order valence-electron chi connectivity index (χ1n) is 9.99. The fourth-order valence-corrected chi connectivity index (χ4v) is 3.66. The van der Waals surface area contributed by atoms with Gasteiger partial charge in [0.15, 0.2) is 0 Å². The predicted octanol–water partition coefficient (Wildman–Crippen LogP) is 3.32. The molecule has 7 nitrogen and oxygen atoms in total. The topological polar surface area (TPSA) is 92.8 Å². The van der Waals surface area contributed by atoms with Gasteiger partial charge in [0.25, 0.3) is 11.8 Å². The summed E-state index contributed by atoms with van der Waals surface area (Å²) in [4.78, 5) is 52.0. The Balaban J connectivity index is 1.63. The van der Waals surface area contributed by atoms with Crippen LogP contribution >= 0.6 is 0 Å². The Labute approximate surface area is 184 Å². The van der Waals surface area contributed by atoms with Gasteiger partial charge in [0.05, 0.1) is 23.8 Å². The molecule has 1 N–H and O–H groups in total. The molecule has 3 aromatic carbocycles. The number of ether oxygens (including phenoxy) is 1. The third kappa shape index (κ3) is 4.00. The van der Waals surface area contributed by atoms with Crippen molar-refractivity contribution in [2.75, 3.05) is 12.4 Å². The van der Waals surface area contributed by atoms with Gasteiger partial charge in [-0.2, -0.15) is 0 Å². The molecule has 0 saturated heterocycles. The van der Waals surface area contributed by atoms with Crippen LogP contribution in [-0.4, -0.2) is 41.7 Å². The first kappa shape index (κ1) is 21.0. The zero-order chi connectivity index (χ0) is 22.7. The first-order valence-corrected chi connectivity index (χ1v) is 9.99. The number of carbonyl (C=O) groups is 4. The third-order valence-corrected chi connectivity index (χ3v) is 5.29. The van der Waals surface area contributed by atoms with Crippen LogP contribution in [0.25, 0.3) is 0 Å². The largest absolute Gasteiger partial charge is 0.465 e. The van der Waals surface area contributed by atoms with Gasteiger partial charge in [0.1, 0.15) is 6.04 Å². The Hall–Kier alpha value is -4.26. The van der Waals surface area contributed by atoms with Crippen LogP contribution in [0.15, 0.2) is 78.9 Å². The van der Waals surface area contributed by atoms with Crippen molar-refractivity contribution >= 4 is 29.4 Å². The number of esters is 1. The molecule has 1 atom stereocenters. The van der Waals surface area contributed by atoms with Crippen molar-refractivity contribution in [3.05, 3.63) is 101 Å². The number of methoxy groups -OCH3 is 1. The van der Waals surface area contributed by atoms with Crippen molar-refractivity contribution in [3.8, 4) is 0 Å². The van der Waals surface area contributed by atoms with E-state index in [1.165, 1.54) is 19.2 Å². The smallest absolute Gasteiger partial charge is 0.337 e. The van der Waals surface area contributed by atoms with Crippen molar-refractivity contribution in [2.45, 2.75) is 12.5 Å². The van der Waals surface area contributed by atoms with Crippen LogP contribution in [-0.2, 0) is 16.0 Å². The van der Waals surface area contributed by atoms with E-state index >= 15 is 0 Å². The monoisotopic (exact) mass is 428 g/mol. The van der Waals surface area contributed by atoms with Gasteiger partial charge in [-0.1, -0.05) is 42.5 Å². The van der Waals surface area contributed by atoms with Crippen LogP contribution in [0.1, 0.15) is 36.6 Å². The molecule has 0 radical (unpaired) electrons. The number of carbonyl (C=O) groups excluding carboxylic acids is 4. The third-order valence-electron chi connectivity index (χ3n) is 5.29.